The van der Waals surface area contributed by atoms with Crippen molar-refractivity contribution in [2.24, 2.45) is 0 Å². The van der Waals surface area contributed by atoms with Crippen molar-refractivity contribution in [2.45, 2.75) is 45.2 Å². The lowest BCUT2D eigenvalue weighted by molar-refractivity contribution is 0.220. The SMILES string of the molecule is COc1cccc(C)c1-c1cc2c(cc1N1C(=O)N(C)[C@@H](C)[C@H]1c1ccccc1)CCC2. The summed E-state index contributed by atoms with van der Waals surface area (Å²) in [6.45, 7) is 4.25. The van der Waals surface area contributed by atoms with Gasteiger partial charge in [0.25, 0.3) is 0 Å². The fourth-order valence-electron chi connectivity index (χ4n) is 5.39. The van der Waals surface area contributed by atoms with E-state index in [1.54, 1.807) is 7.11 Å². The molecule has 1 heterocycles. The van der Waals surface area contributed by atoms with Crippen molar-refractivity contribution in [3.63, 3.8) is 0 Å². The van der Waals surface area contributed by atoms with Gasteiger partial charge in [-0.3, -0.25) is 4.90 Å². The summed E-state index contributed by atoms with van der Waals surface area (Å²) in [4.78, 5) is 17.5. The van der Waals surface area contributed by atoms with Crippen LogP contribution in [-0.4, -0.2) is 31.1 Å². The second-order valence-corrected chi connectivity index (χ2v) is 9.00. The number of rotatable bonds is 4. The average Bonchev–Trinajstić information content (AvgIpc) is 3.36. The second kappa shape index (κ2) is 8.01. The molecule has 2 amide bonds. The standard InChI is InChI=1S/C28H30N2O2/c1-18-10-8-15-25(32-4)26(18)23-16-21-13-9-14-22(21)17-24(23)30-27(19(2)29(3)28(30)31)20-11-6-5-7-12-20/h5-8,10-12,15-17,19,27H,9,13-14H2,1-4H3/t19-,27-/m0/s1. The molecular weight excluding hydrogens is 396 g/mol. The van der Waals surface area contributed by atoms with Crippen LogP contribution in [0.25, 0.3) is 11.1 Å². The van der Waals surface area contributed by atoms with E-state index in [4.69, 9.17) is 4.74 Å². The molecule has 5 rings (SSSR count). The van der Waals surface area contributed by atoms with Gasteiger partial charge >= 0.3 is 6.03 Å². The zero-order valence-electron chi connectivity index (χ0n) is 19.3. The molecule has 0 saturated carbocycles. The molecule has 4 nitrogen and oxygen atoms in total. The van der Waals surface area contributed by atoms with E-state index < -0.39 is 0 Å². The maximum atomic E-state index is 13.6. The molecule has 1 saturated heterocycles. The number of hydrogen-bond acceptors (Lipinski definition) is 2. The largest absolute Gasteiger partial charge is 0.496 e. The Bertz CT molecular complexity index is 1170. The summed E-state index contributed by atoms with van der Waals surface area (Å²) in [5, 5.41) is 0. The van der Waals surface area contributed by atoms with Crippen LogP contribution in [0.5, 0.6) is 5.75 Å². The first-order valence-corrected chi connectivity index (χ1v) is 11.4. The number of nitrogens with zero attached hydrogens (tertiary/aromatic N) is 2. The molecule has 3 aromatic carbocycles. The van der Waals surface area contributed by atoms with Gasteiger partial charge in [-0.1, -0.05) is 42.5 Å². The Hall–Kier alpha value is -3.27. The number of urea groups is 1. The maximum Gasteiger partial charge on any atom is 0.325 e. The van der Waals surface area contributed by atoms with Gasteiger partial charge in [0.05, 0.1) is 24.9 Å². The molecule has 3 aromatic rings. The van der Waals surface area contributed by atoms with Crippen LogP contribution in [0.15, 0.2) is 60.7 Å². The van der Waals surface area contributed by atoms with Crippen molar-refractivity contribution in [2.75, 3.05) is 19.1 Å². The number of ether oxygens (including phenoxy) is 1. The highest BCUT2D eigenvalue weighted by Gasteiger charge is 2.44. The Balaban J connectivity index is 1.77. The first-order chi connectivity index (χ1) is 15.5. The van der Waals surface area contributed by atoms with Gasteiger partial charge in [0.2, 0.25) is 0 Å². The predicted molar refractivity (Wildman–Crippen MR) is 129 cm³/mol. The summed E-state index contributed by atoms with van der Waals surface area (Å²) in [6, 6.07) is 21.2. The first-order valence-electron chi connectivity index (χ1n) is 11.4. The Labute approximate surface area is 190 Å². The molecule has 1 aliphatic heterocycles. The van der Waals surface area contributed by atoms with Crippen LogP contribution < -0.4 is 9.64 Å². The highest BCUT2D eigenvalue weighted by molar-refractivity contribution is 6.01. The zero-order valence-corrected chi connectivity index (χ0v) is 19.3. The van der Waals surface area contributed by atoms with Crippen molar-refractivity contribution in [1.29, 1.82) is 0 Å². The van der Waals surface area contributed by atoms with Gasteiger partial charge < -0.3 is 9.64 Å². The lowest BCUT2D eigenvalue weighted by atomic mass is 9.92. The molecule has 164 valence electrons. The summed E-state index contributed by atoms with van der Waals surface area (Å²) in [7, 11) is 3.62. The molecule has 1 aliphatic carbocycles. The van der Waals surface area contributed by atoms with Crippen molar-refractivity contribution in [3.05, 3.63) is 82.9 Å². The molecule has 0 unspecified atom stereocenters. The van der Waals surface area contributed by atoms with Crippen LogP contribution >= 0.6 is 0 Å². The number of fused-ring (bicyclic) bond motifs is 1. The number of likely N-dealkylation sites (N-methyl/N-ethyl adjacent to an activating group) is 1. The number of benzene rings is 3. The van der Waals surface area contributed by atoms with Gasteiger partial charge in [-0.25, -0.2) is 4.79 Å². The van der Waals surface area contributed by atoms with Crippen LogP contribution in [0.4, 0.5) is 10.5 Å². The van der Waals surface area contributed by atoms with E-state index in [0.29, 0.717) is 0 Å². The quantitative estimate of drug-likeness (QED) is 0.500. The average molecular weight is 427 g/mol. The predicted octanol–water partition coefficient (Wildman–Crippen LogP) is 6.16. The Kier molecular flexibility index (Phi) is 5.16. The van der Waals surface area contributed by atoms with Crippen molar-refractivity contribution in [1.82, 2.24) is 4.90 Å². The summed E-state index contributed by atoms with van der Waals surface area (Å²) in [5.41, 5.74) is 8.18. The second-order valence-electron chi connectivity index (χ2n) is 9.00. The Morgan fingerprint density at radius 2 is 1.69 bits per heavy atom. The number of anilines is 1. The molecule has 0 radical (unpaired) electrons. The molecule has 2 atom stereocenters. The summed E-state index contributed by atoms with van der Waals surface area (Å²) < 4.78 is 5.78. The number of aryl methyl sites for hydroxylation is 3. The summed E-state index contributed by atoms with van der Waals surface area (Å²) >= 11 is 0. The maximum absolute atomic E-state index is 13.6. The smallest absolute Gasteiger partial charge is 0.325 e. The third-order valence-electron chi connectivity index (χ3n) is 7.19. The Morgan fingerprint density at radius 3 is 2.41 bits per heavy atom. The molecular formula is C28H30N2O2. The van der Waals surface area contributed by atoms with Crippen molar-refractivity contribution in [3.8, 4) is 16.9 Å². The van der Waals surface area contributed by atoms with Gasteiger partial charge in [-0.05, 0) is 73.6 Å². The molecule has 1 fully saturated rings. The van der Waals surface area contributed by atoms with E-state index >= 15 is 0 Å². The van der Waals surface area contributed by atoms with E-state index in [1.807, 2.05) is 35.0 Å². The minimum Gasteiger partial charge on any atom is -0.496 e. The van der Waals surface area contributed by atoms with Crippen LogP contribution in [-0.2, 0) is 12.8 Å². The molecule has 0 aromatic heterocycles. The molecule has 4 heteroatoms. The van der Waals surface area contributed by atoms with E-state index in [2.05, 4.69) is 56.3 Å². The highest BCUT2D eigenvalue weighted by Crippen LogP contribution is 2.47. The van der Waals surface area contributed by atoms with Crippen molar-refractivity contribution < 1.29 is 9.53 Å². The first kappa shape index (κ1) is 20.6. The van der Waals surface area contributed by atoms with E-state index in [-0.39, 0.29) is 18.1 Å². The Morgan fingerprint density at radius 1 is 0.969 bits per heavy atom. The number of methoxy groups -OCH3 is 1. The molecule has 0 spiro atoms. The van der Waals surface area contributed by atoms with Gasteiger partial charge in [-0.15, -0.1) is 0 Å². The third kappa shape index (κ3) is 3.17. The van der Waals surface area contributed by atoms with Crippen LogP contribution in [0.2, 0.25) is 0 Å². The van der Waals surface area contributed by atoms with E-state index in [0.717, 1.165) is 53.0 Å². The minimum absolute atomic E-state index is 0.0399. The zero-order chi connectivity index (χ0) is 22.4. The lowest BCUT2D eigenvalue weighted by Crippen LogP contribution is -2.31. The van der Waals surface area contributed by atoms with E-state index in [1.165, 1.54) is 11.1 Å². The van der Waals surface area contributed by atoms with Crippen LogP contribution in [0.1, 0.15) is 41.6 Å². The molecule has 0 bridgehead atoms. The minimum atomic E-state index is -0.0538. The van der Waals surface area contributed by atoms with Gasteiger partial charge in [0, 0.05) is 18.2 Å². The van der Waals surface area contributed by atoms with Gasteiger partial charge in [0.15, 0.2) is 0 Å². The third-order valence-corrected chi connectivity index (χ3v) is 7.19. The normalized spacial score (nSPS) is 20.1. The number of hydrogen-bond donors (Lipinski definition) is 0. The van der Waals surface area contributed by atoms with Gasteiger partial charge in [-0.2, -0.15) is 0 Å². The summed E-state index contributed by atoms with van der Waals surface area (Å²) in [6.07, 6.45) is 3.32. The highest BCUT2D eigenvalue weighted by atomic mass is 16.5. The van der Waals surface area contributed by atoms with Crippen molar-refractivity contribution >= 4 is 11.7 Å². The number of carbonyl (C=O) groups excluding carboxylic acids is 1. The fourth-order valence-corrected chi connectivity index (χ4v) is 5.39. The molecule has 32 heavy (non-hydrogen) atoms. The number of carbonyl (C=O) groups is 1. The number of amides is 2. The van der Waals surface area contributed by atoms with Crippen LogP contribution in [0.3, 0.4) is 0 Å². The van der Waals surface area contributed by atoms with E-state index in [9.17, 15) is 4.79 Å². The molecule has 0 N–H and O–H groups in total. The van der Waals surface area contributed by atoms with Crippen LogP contribution in [0, 0.1) is 6.92 Å². The monoisotopic (exact) mass is 426 g/mol. The topological polar surface area (TPSA) is 32.8 Å². The van der Waals surface area contributed by atoms with Gasteiger partial charge in [0.1, 0.15) is 5.75 Å². The summed E-state index contributed by atoms with van der Waals surface area (Å²) in [5.74, 6) is 0.841. The fraction of sp³-hybridized carbons (Fsp3) is 0.321. The lowest BCUT2D eigenvalue weighted by Gasteiger charge is -2.29. The molecule has 2 aliphatic rings.